The molecule has 2 heterocycles. The number of aryl methyl sites for hydroxylation is 1. The van der Waals surface area contributed by atoms with E-state index in [2.05, 4.69) is 4.98 Å². The minimum Gasteiger partial charge on any atom is -0.398 e. The highest BCUT2D eigenvalue weighted by Crippen LogP contribution is 2.25. The second-order valence-electron chi connectivity index (χ2n) is 4.40. The molecule has 0 amide bonds. The zero-order valence-corrected chi connectivity index (χ0v) is 13.0. The molecule has 7 heteroatoms. The molecule has 2 aromatic heterocycles. The molecule has 20 heavy (non-hydrogen) atoms. The van der Waals surface area contributed by atoms with Gasteiger partial charge in [-0.25, -0.2) is 8.42 Å². The van der Waals surface area contributed by atoms with Gasteiger partial charge in [0.2, 0.25) is 0 Å². The molecule has 0 saturated heterocycles. The van der Waals surface area contributed by atoms with Crippen molar-refractivity contribution in [2.75, 3.05) is 12.3 Å². The molecule has 0 fully saturated rings. The third kappa shape index (κ3) is 3.17. The van der Waals surface area contributed by atoms with Gasteiger partial charge in [-0.3, -0.25) is 4.98 Å². The fraction of sp³-hybridized carbons (Fsp3) is 0.308. The number of aromatic nitrogens is 1. The molecule has 5 nitrogen and oxygen atoms in total. The summed E-state index contributed by atoms with van der Waals surface area (Å²) in [6, 6.07) is 7.08. The van der Waals surface area contributed by atoms with Crippen LogP contribution >= 0.6 is 11.3 Å². The summed E-state index contributed by atoms with van der Waals surface area (Å²) in [4.78, 5) is 4.35. The maximum atomic E-state index is 12.5. The number of nitrogens with zero attached hydrogens (tertiary/aromatic N) is 2. The van der Waals surface area contributed by atoms with E-state index in [1.807, 2.05) is 32.0 Å². The predicted molar refractivity (Wildman–Crippen MR) is 81.0 cm³/mol. The predicted octanol–water partition coefficient (Wildman–Crippen LogP) is 2.24. The van der Waals surface area contributed by atoms with Gasteiger partial charge < -0.3 is 5.73 Å². The van der Waals surface area contributed by atoms with Gasteiger partial charge in [-0.15, -0.1) is 11.3 Å². The van der Waals surface area contributed by atoms with E-state index in [-0.39, 0.29) is 10.8 Å². The van der Waals surface area contributed by atoms with Crippen LogP contribution in [0, 0.1) is 6.92 Å². The van der Waals surface area contributed by atoms with Crippen molar-refractivity contribution in [1.29, 1.82) is 0 Å². The molecule has 0 spiro atoms. The highest BCUT2D eigenvalue weighted by atomic mass is 32.2. The van der Waals surface area contributed by atoms with Crippen LogP contribution in [0.1, 0.15) is 18.3 Å². The maximum absolute atomic E-state index is 12.5. The standard InChI is InChI=1S/C13H17N3O2S2/c1-3-16(8-12-6-4-5-10(2)15-12)20(17,18)13-7-11(14)9-19-13/h4-7,9H,3,8,14H2,1-2H3. The molecule has 0 aliphatic rings. The average molecular weight is 311 g/mol. The number of nitrogen functional groups attached to an aromatic ring is 1. The normalized spacial score (nSPS) is 11.9. The van der Waals surface area contributed by atoms with Gasteiger partial charge in [0.05, 0.1) is 12.2 Å². The fourth-order valence-electron chi connectivity index (χ4n) is 1.83. The summed E-state index contributed by atoms with van der Waals surface area (Å²) >= 11 is 1.14. The molecule has 0 bridgehead atoms. The molecule has 2 N–H and O–H groups in total. The fourth-order valence-corrected chi connectivity index (χ4v) is 4.48. The van der Waals surface area contributed by atoms with Crippen LogP contribution in [0.4, 0.5) is 5.69 Å². The summed E-state index contributed by atoms with van der Waals surface area (Å²) in [7, 11) is -3.51. The maximum Gasteiger partial charge on any atom is 0.252 e. The van der Waals surface area contributed by atoms with E-state index < -0.39 is 10.0 Å². The molecule has 0 unspecified atom stereocenters. The first-order valence-corrected chi connectivity index (χ1v) is 8.52. The third-order valence-corrected chi connectivity index (χ3v) is 6.18. The van der Waals surface area contributed by atoms with Gasteiger partial charge in [0.25, 0.3) is 10.0 Å². The van der Waals surface area contributed by atoms with Crippen LogP contribution in [0.5, 0.6) is 0 Å². The van der Waals surface area contributed by atoms with E-state index >= 15 is 0 Å². The number of sulfonamides is 1. The Morgan fingerprint density at radius 3 is 2.70 bits per heavy atom. The lowest BCUT2D eigenvalue weighted by Gasteiger charge is -2.19. The minimum atomic E-state index is -3.51. The van der Waals surface area contributed by atoms with Crippen molar-refractivity contribution < 1.29 is 8.42 Å². The molecule has 0 radical (unpaired) electrons. The first-order valence-electron chi connectivity index (χ1n) is 6.20. The Balaban J connectivity index is 2.28. The van der Waals surface area contributed by atoms with Crippen molar-refractivity contribution in [3.05, 3.63) is 41.0 Å². The number of hydrogen-bond donors (Lipinski definition) is 1. The van der Waals surface area contributed by atoms with Crippen molar-refractivity contribution >= 4 is 27.0 Å². The summed E-state index contributed by atoms with van der Waals surface area (Å²) in [5.41, 5.74) is 7.68. The van der Waals surface area contributed by atoms with Gasteiger partial charge in [0, 0.05) is 23.3 Å². The van der Waals surface area contributed by atoms with Gasteiger partial charge in [0.1, 0.15) is 4.21 Å². The average Bonchev–Trinajstić information content (AvgIpc) is 2.83. The largest absolute Gasteiger partial charge is 0.398 e. The number of nitrogens with two attached hydrogens (primary N) is 1. The highest BCUT2D eigenvalue weighted by molar-refractivity contribution is 7.91. The zero-order valence-electron chi connectivity index (χ0n) is 11.4. The smallest absolute Gasteiger partial charge is 0.252 e. The minimum absolute atomic E-state index is 0.262. The molecular formula is C13H17N3O2S2. The lowest BCUT2D eigenvalue weighted by atomic mass is 10.3. The topological polar surface area (TPSA) is 76.3 Å². The Morgan fingerprint density at radius 1 is 1.40 bits per heavy atom. The summed E-state index contributed by atoms with van der Waals surface area (Å²) in [5.74, 6) is 0. The highest BCUT2D eigenvalue weighted by Gasteiger charge is 2.25. The Kier molecular flexibility index (Phi) is 4.42. The summed E-state index contributed by atoms with van der Waals surface area (Å²) in [5, 5.41) is 1.63. The van der Waals surface area contributed by atoms with Crippen molar-refractivity contribution in [2.45, 2.75) is 24.6 Å². The number of rotatable bonds is 5. The van der Waals surface area contributed by atoms with E-state index in [0.29, 0.717) is 12.2 Å². The Morgan fingerprint density at radius 2 is 2.15 bits per heavy atom. The summed E-state index contributed by atoms with van der Waals surface area (Å²) in [6.07, 6.45) is 0. The van der Waals surface area contributed by atoms with E-state index in [4.69, 9.17) is 5.73 Å². The van der Waals surface area contributed by atoms with E-state index in [9.17, 15) is 8.42 Å². The van der Waals surface area contributed by atoms with Crippen molar-refractivity contribution in [3.63, 3.8) is 0 Å². The lowest BCUT2D eigenvalue weighted by molar-refractivity contribution is 0.420. The lowest BCUT2D eigenvalue weighted by Crippen LogP contribution is -2.30. The second-order valence-corrected chi connectivity index (χ2v) is 7.48. The molecule has 0 aromatic carbocycles. The Hall–Kier alpha value is -1.44. The van der Waals surface area contributed by atoms with Crippen LogP contribution in [0.25, 0.3) is 0 Å². The van der Waals surface area contributed by atoms with Crippen molar-refractivity contribution in [1.82, 2.24) is 9.29 Å². The quantitative estimate of drug-likeness (QED) is 0.919. The van der Waals surface area contributed by atoms with Gasteiger partial charge >= 0.3 is 0 Å². The van der Waals surface area contributed by atoms with Crippen LogP contribution < -0.4 is 5.73 Å². The van der Waals surface area contributed by atoms with Crippen LogP contribution in [-0.4, -0.2) is 24.3 Å². The van der Waals surface area contributed by atoms with E-state index in [1.165, 1.54) is 10.4 Å². The number of anilines is 1. The van der Waals surface area contributed by atoms with Crippen LogP contribution in [-0.2, 0) is 16.6 Å². The summed E-state index contributed by atoms with van der Waals surface area (Å²) < 4.78 is 26.7. The van der Waals surface area contributed by atoms with Crippen LogP contribution in [0.2, 0.25) is 0 Å². The Labute approximate surface area is 123 Å². The van der Waals surface area contributed by atoms with Crippen LogP contribution in [0.15, 0.2) is 33.9 Å². The first-order chi connectivity index (χ1) is 9.43. The van der Waals surface area contributed by atoms with Gasteiger partial charge in [-0.05, 0) is 25.1 Å². The molecule has 0 atom stereocenters. The second kappa shape index (κ2) is 5.90. The van der Waals surface area contributed by atoms with Crippen molar-refractivity contribution in [3.8, 4) is 0 Å². The number of pyridine rings is 1. The first kappa shape index (κ1) is 15.0. The van der Waals surface area contributed by atoms with Gasteiger partial charge in [-0.2, -0.15) is 4.31 Å². The third-order valence-electron chi connectivity index (χ3n) is 2.83. The molecule has 0 aliphatic heterocycles. The van der Waals surface area contributed by atoms with Crippen LogP contribution in [0.3, 0.4) is 0 Å². The molecule has 2 aromatic rings. The molecule has 108 valence electrons. The monoisotopic (exact) mass is 311 g/mol. The Bertz CT molecular complexity index is 695. The van der Waals surface area contributed by atoms with E-state index in [1.54, 1.807) is 5.38 Å². The molecule has 0 saturated carbocycles. The van der Waals surface area contributed by atoms with Gasteiger partial charge in [0.15, 0.2) is 0 Å². The summed E-state index contributed by atoms with van der Waals surface area (Å²) in [6.45, 7) is 4.34. The molecule has 2 rings (SSSR count). The molecule has 0 aliphatic carbocycles. The van der Waals surface area contributed by atoms with E-state index in [0.717, 1.165) is 22.7 Å². The van der Waals surface area contributed by atoms with Crippen molar-refractivity contribution in [2.24, 2.45) is 0 Å². The SMILES string of the molecule is CCN(Cc1cccc(C)n1)S(=O)(=O)c1cc(N)cs1. The zero-order chi connectivity index (χ0) is 14.8. The number of hydrogen-bond acceptors (Lipinski definition) is 5. The molecular weight excluding hydrogens is 294 g/mol. The van der Waals surface area contributed by atoms with Gasteiger partial charge in [-0.1, -0.05) is 13.0 Å². The number of thiophene rings is 1.